The minimum atomic E-state index is -0.471. The van der Waals surface area contributed by atoms with Gasteiger partial charge in [-0.05, 0) is 13.8 Å². The van der Waals surface area contributed by atoms with E-state index in [1.54, 1.807) is 19.9 Å². The van der Waals surface area contributed by atoms with E-state index in [0.717, 1.165) is 13.1 Å². The third-order valence-corrected chi connectivity index (χ3v) is 2.69. The molecule has 1 saturated heterocycles. The number of ether oxygens (including phenoxy) is 2. The van der Waals surface area contributed by atoms with Crippen LogP contribution >= 0.6 is 0 Å². The SMILES string of the molecule is C=C(/N=C(N)\C(=C/C)C(=O)OCC)N1CCOCC1. The van der Waals surface area contributed by atoms with Gasteiger partial charge in [0.05, 0.1) is 25.4 Å². The van der Waals surface area contributed by atoms with Crippen molar-refractivity contribution in [2.75, 3.05) is 32.9 Å². The summed E-state index contributed by atoms with van der Waals surface area (Å²) in [6, 6.07) is 0. The van der Waals surface area contributed by atoms with Gasteiger partial charge < -0.3 is 20.1 Å². The molecule has 6 nitrogen and oxygen atoms in total. The van der Waals surface area contributed by atoms with E-state index >= 15 is 0 Å². The van der Waals surface area contributed by atoms with Gasteiger partial charge in [-0.3, -0.25) is 0 Å². The summed E-state index contributed by atoms with van der Waals surface area (Å²) >= 11 is 0. The average molecular weight is 267 g/mol. The smallest absolute Gasteiger partial charge is 0.341 e. The van der Waals surface area contributed by atoms with Crippen LogP contribution in [0.2, 0.25) is 0 Å². The molecule has 0 aromatic heterocycles. The number of nitrogens with two attached hydrogens (primary N) is 1. The maximum atomic E-state index is 11.7. The highest BCUT2D eigenvalue weighted by Crippen LogP contribution is 2.09. The van der Waals surface area contributed by atoms with Crippen molar-refractivity contribution in [2.24, 2.45) is 10.7 Å². The number of esters is 1. The number of morpholine rings is 1. The number of allylic oxidation sites excluding steroid dienone is 1. The quantitative estimate of drug-likeness (QED) is 0.342. The van der Waals surface area contributed by atoms with E-state index in [9.17, 15) is 4.79 Å². The number of nitrogens with zero attached hydrogens (tertiary/aromatic N) is 2. The molecule has 0 spiro atoms. The lowest BCUT2D eigenvalue weighted by Gasteiger charge is -2.28. The first-order chi connectivity index (χ1) is 9.10. The lowest BCUT2D eigenvalue weighted by molar-refractivity contribution is -0.137. The molecule has 19 heavy (non-hydrogen) atoms. The van der Waals surface area contributed by atoms with Crippen molar-refractivity contribution in [3.63, 3.8) is 0 Å². The van der Waals surface area contributed by atoms with E-state index in [0.29, 0.717) is 25.6 Å². The van der Waals surface area contributed by atoms with Crippen molar-refractivity contribution in [1.82, 2.24) is 4.90 Å². The number of amidine groups is 1. The first kappa shape index (κ1) is 15.2. The Morgan fingerprint density at radius 3 is 2.68 bits per heavy atom. The van der Waals surface area contributed by atoms with E-state index in [-0.39, 0.29) is 11.4 Å². The molecule has 0 aliphatic carbocycles. The summed E-state index contributed by atoms with van der Waals surface area (Å²) in [4.78, 5) is 17.8. The van der Waals surface area contributed by atoms with Gasteiger partial charge in [-0.1, -0.05) is 12.7 Å². The van der Waals surface area contributed by atoms with Gasteiger partial charge in [0.1, 0.15) is 11.7 Å². The van der Waals surface area contributed by atoms with Crippen LogP contribution in [0.4, 0.5) is 0 Å². The Labute approximate surface area is 113 Å². The van der Waals surface area contributed by atoms with Gasteiger partial charge in [-0.25, -0.2) is 9.79 Å². The van der Waals surface area contributed by atoms with Crippen molar-refractivity contribution in [3.8, 4) is 0 Å². The minimum Gasteiger partial charge on any atom is -0.462 e. The largest absolute Gasteiger partial charge is 0.462 e. The first-order valence-electron chi connectivity index (χ1n) is 6.29. The highest BCUT2D eigenvalue weighted by atomic mass is 16.5. The van der Waals surface area contributed by atoms with Gasteiger partial charge >= 0.3 is 5.97 Å². The number of hydrogen-bond donors (Lipinski definition) is 1. The van der Waals surface area contributed by atoms with Crippen LogP contribution < -0.4 is 5.73 Å². The Morgan fingerprint density at radius 2 is 2.16 bits per heavy atom. The molecule has 1 aliphatic heterocycles. The van der Waals surface area contributed by atoms with E-state index < -0.39 is 5.97 Å². The Morgan fingerprint density at radius 1 is 1.53 bits per heavy atom. The molecule has 0 bridgehead atoms. The second-order valence-electron chi connectivity index (χ2n) is 3.94. The van der Waals surface area contributed by atoms with Crippen LogP contribution in [0.25, 0.3) is 0 Å². The molecule has 2 N–H and O–H groups in total. The van der Waals surface area contributed by atoms with Crippen molar-refractivity contribution in [3.05, 3.63) is 24.0 Å². The lowest BCUT2D eigenvalue weighted by atomic mass is 10.2. The third kappa shape index (κ3) is 4.40. The van der Waals surface area contributed by atoms with Crippen molar-refractivity contribution >= 4 is 11.8 Å². The summed E-state index contributed by atoms with van der Waals surface area (Å²) < 4.78 is 10.2. The maximum absolute atomic E-state index is 11.7. The van der Waals surface area contributed by atoms with E-state index in [4.69, 9.17) is 15.2 Å². The van der Waals surface area contributed by atoms with Crippen LogP contribution in [0.15, 0.2) is 29.0 Å². The van der Waals surface area contributed by atoms with Crippen molar-refractivity contribution in [1.29, 1.82) is 0 Å². The second kappa shape index (κ2) is 7.58. The maximum Gasteiger partial charge on any atom is 0.341 e. The van der Waals surface area contributed by atoms with Crippen LogP contribution in [0.5, 0.6) is 0 Å². The van der Waals surface area contributed by atoms with Crippen LogP contribution in [0.3, 0.4) is 0 Å². The van der Waals surface area contributed by atoms with Gasteiger partial charge in [-0.2, -0.15) is 0 Å². The summed E-state index contributed by atoms with van der Waals surface area (Å²) in [6.07, 6.45) is 1.59. The summed E-state index contributed by atoms with van der Waals surface area (Å²) in [5.74, 6) is 0.183. The fourth-order valence-electron chi connectivity index (χ4n) is 1.67. The normalized spacial score (nSPS) is 17.3. The van der Waals surface area contributed by atoms with E-state index in [1.165, 1.54) is 0 Å². The van der Waals surface area contributed by atoms with Crippen molar-refractivity contribution < 1.29 is 14.3 Å². The van der Waals surface area contributed by atoms with Crippen LogP contribution in [0, 0.1) is 0 Å². The topological polar surface area (TPSA) is 77.1 Å². The zero-order valence-corrected chi connectivity index (χ0v) is 11.5. The summed E-state index contributed by atoms with van der Waals surface area (Å²) in [5.41, 5.74) is 6.09. The number of carbonyl (C=O) groups is 1. The first-order valence-corrected chi connectivity index (χ1v) is 6.29. The molecular weight excluding hydrogens is 246 g/mol. The van der Waals surface area contributed by atoms with Gasteiger partial charge in [0.25, 0.3) is 0 Å². The molecular formula is C13H21N3O3. The number of aliphatic imine (C=N–C) groups is 1. The summed E-state index contributed by atoms with van der Waals surface area (Å²) in [7, 11) is 0. The molecule has 106 valence electrons. The predicted molar refractivity (Wildman–Crippen MR) is 73.5 cm³/mol. The Kier molecular flexibility index (Phi) is 6.08. The molecule has 1 rings (SSSR count). The molecule has 1 aliphatic rings. The fourth-order valence-corrected chi connectivity index (χ4v) is 1.67. The third-order valence-electron chi connectivity index (χ3n) is 2.69. The summed E-state index contributed by atoms with van der Waals surface area (Å²) in [6.45, 7) is 10.3. The van der Waals surface area contributed by atoms with Crippen molar-refractivity contribution in [2.45, 2.75) is 13.8 Å². The minimum absolute atomic E-state index is 0.123. The Hall–Kier alpha value is -1.82. The highest BCUT2D eigenvalue weighted by Gasteiger charge is 2.16. The van der Waals surface area contributed by atoms with Crippen LogP contribution in [0.1, 0.15) is 13.8 Å². The van der Waals surface area contributed by atoms with E-state index in [1.807, 2.05) is 4.90 Å². The Bertz CT molecular complexity index is 396. The van der Waals surface area contributed by atoms with Gasteiger partial charge in [0.2, 0.25) is 0 Å². The highest BCUT2D eigenvalue weighted by molar-refractivity contribution is 6.18. The number of carbonyl (C=O) groups excluding carboxylic acids is 1. The van der Waals surface area contributed by atoms with Gasteiger partial charge in [0.15, 0.2) is 0 Å². The van der Waals surface area contributed by atoms with E-state index in [2.05, 4.69) is 11.6 Å². The molecule has 0 radical (unpaired) electrons. The molecule has 0 aromatic rings. The molecule has 0 amide bonds. The van der Waals surface area contributed by atoms with Crippen LogP contribution in [-0.2, 0) is 14.3 Å². The molecule has 6 heteroatoms. The molecule has 0 aromatic carbocycles. The monoisotopic (exact) mass is 267 g/mol. The lowest BCUT2D eigenvalue weighted by Crippen LogP contribution is -2.35. The van der Waals surface area contributed by atoms with Gasteiger partial charge in [0, 0.05) is 13.1 Å². The molecule has 1 fully saturated rings. The number of hydrogen-bond acceptors (Lipinski definition) is 5. The Balaban J connectivity index is 2.73. The zero-order chi connectivity index (χ0) is 14.3. The molecule has 1 heterocycles. The molecule has 0 unspecified atom stereocenters. The predicted octanol–water partition coefficient (Wildman–Crippen LogP) is 0.656. The standard InChI is InChI=1S/C13H21N3O3/c1-4-11(13(17)19-5-2)12(14)15-10(3)16-6-8-18-9-7-16/h4H,3,5-9H2,1-2H3,(H2,14,15)/b11-4+. The zero-order valence-electron chi connectivity index (χ0n) is 11.5. The number of rotatable bonds is 5. The average Bonchev–Trinajstić information content (AvgIpc) is 2.40. The van der Waals surface area contributed by atoms with Crippen LogP contribution in [-0.4, -0.2) is 49.6 Å². The van der Waals surface area contributed by atoms with Gasteiger partial charge in [-0.15, -0.1) is 0 Å². The fraction of sp³-hybridized carbons (Fsp3) is 0.538. The summed E-state index contributed by atoms with van der Waals surface area (Å²) in [5, 5.41) is 0. The second-order valence-corrected chi connectivity index (χ2v) is 3.94. The molecule has 0 atom stereocenters. The molecule has 0 saturated carbocycles.